The fourth-order valence-corrected chi connectivity index (χ4v) is 3.17. The Hall–Kier alpha value is -0.910. The molecule has 4 nitrogen and oxygen atoms in total. The fourth-order valence-electron chi connectivity index (χ4n) is 2.35. The number of benzene rings is 1. The maximum atomic E-state index is 11.1. The van der Waals surface area contributed by atoms with Crippen molar-refractivity contribution in [3.63, 3.8) is 0 Å². The molecule has 2 unspecified atom stereocenters. The minimum atomic E-state index is -0.742. The quantitative estimate of drug-likeness (QED) is 0.861. The number of anilines is 1. The number of nitrogens with zero attached hydrogens (tertiary/aromatic N) is 1. The van der Waals surface area contributed by atoms with Crippen LogP contribution in [0.15, 0.2) is 24.3 Å². The molecule has 1 aliphatic rings. The van der Waals surface area contributed by atoms with Crippen molar-refractivity contribution in [1.82, 2.24) is 5.32 Å². The van der Waals surface area contributed by atoms with E-state index in [4.69, 9.17) is 4.74 Å². The van der Waals surface area contributed by atoms with Gasteiger partial charge in [0.2, 0.25) is 0 Å². The molecule has 0 saturated carbocycles. The number of morpholine rings is 1. The lowest BCUT2D eigenvalue weighted by atomic mass is 10.2. The first-order valence-electron chi connectivity index (χ1n) is 7.10. The first-order valence-corrected chi connectivity index (χ1v) is 8.83. The molecule has 1 fully saturated rings. The van der Waals surface area contributed by atoms with Crippen LogP contribution in [0.5, 0.6) is 0 Å². The van der Waals surface area contributed by atoms with Gasteiger partial charge in [0.25, 0.3) is 0 Å². The Morgan fingerprint density at radius 1 is 1.30 bits per heavy atom. The maximum Gasteiger partial charge on any atom is 0.0642 e. The Bertz CT molecular complexity index is 430. The summed E-state index contributed by atoms with van der Waals surface area (Å²) in [7, 11) is -0.742. The highest BCUT2D eigenvalue weighted by atomic mass is 32.2. The van der Waals surface area contributed by atoms with Crippen LogP contribution in [0, 0.1) is 0 Å². The molecule has 0 amide bonds. The standard InChI is InChI=1S/C15H24N2O2S/c1-13(12-20(2)18)16-11-14-3-5-15(6-4-14)17-7-9-19-10-8-17/h3-6,13,16H,7-12H2,1-2H3. The molecule has 112 valence electrons. The SMILES string of the molecule is CC(CS(C)=O)NCc1ccc(N2CCOCC2)cc1. The van der Waals surface area contributed by atoms with E-state index in [0.29, 0.717) is 5.75 Å². The van der Waals surface area contributed by atoms with Crippen molar-refractivity contribution in [2.75, 3.05) is 43.2 Å². The lowest BCUT2D eigenvalue weighted by Gasteiger charge is -2.29. The molecule has 0 aliphatic carbocycles. The molecule has 2 rings (SSSR count). The van der Waals surface area contributed by atoms with Crippen LogP contribution in [0.4, 0.5) is 5.69 Å². The second kappa shape index (κ2) is 7.76. The van der Waals surface area contributed by atoms with Crippen LogP contribution in [0.2, 0.25) is 0 Å². The average molecular weight is 296 g/mol. The van der Waals surface area contributed by atoms with Gasteiger partial charge in [0.1, 0.15) is 0 Å². The van der Waals surface area contributed by atoms with Crippen molar-refractivity contribution in [2.45, 2.75) is 19.5 Å². The number of hydrogen-bond acceptors (Lipinski definition) is 4. The van der Waals surface area contributed by atoms with Crippen molar-refractivity contribution in [2.24, 2.45) is 0 Å². The van der Waals surface area contributed by atoms with Gasteiger partial charge in [-0.15, -0.1) is 0 Å². The highest BCUT2D eigenvalue weighted by Crippen LogP contribution is 2.16. The van der Waals surface area contributed by atoms with E-state index >= 15 is 0 Å². The van der Waals surface area contributed by atoms with Gasteiger partial charge in [-0.25, -0.2) is 0 Å². The third-order valence-corrected chi connectivity index (χ3v) is 4.42. The predicted octanol–water partition coefficient (Wildman–Crippen LogP) is 1.38. The Labute approximate surface area is 124 Å². The minimum absolute atomic E-state index is 0.278. The highest BCUT2D eigenvalue weighted by molar-refractivity contribution is 7.84. The molecular weight excluding hydrogens is 272 g/mol. The molecule has 1 aliphatic heterocycles. The van der Waals surface area contributed by atoms with E-state index in [0.717, 1.165) is 32.8 Å². The third-order valence-electron chi connectivity index (χ3n) is 3.45. The summed E-state index contributed by atoms with van der Waals surface area (Å²) in [5.74, 6) is 0.700. The molecule has 1 N–H and O–H groups in total. The first-order chi connectivity index (χ1) is 9.65. The molecule has 1 aromatic carbocycles. The molecule has 0 radical (unpaired) electrons. The summed E-state index contributed by atoms with van der Waals surface area (Å²) in [5.41, 5.74) is 2.52. The summed E-state index contributed by atoms with van der Waals surface area (Å²) in [6, 6.07) is 8.94. The van der Waals surface area contributed by atoms with E-state index in [1.165, 1.54) is 11.3 Å². The van der Waals surface area contributed by atoms with E-state index in [1.807, 2.05) is 0 Å². The summed E-state index contributed by atoms with van der Waals surface area (Å²) < 4.78 is 16.5. The molecule has 1 saturated heterocycles. The second-order valence-corrected chi connectivity index (χ2v) is 6.77. The van der Waals surface area contributed by atoms with Crippen LogP contribution in [0.25, 0.3) is 0 Å². The van der Waals surface area contributed by atoms with E-state index in [9.17, 15) is 4.21 Å². The molecule has 0 aromatic heterocycles. The molecule has 0 spiro atoms. The van der Waals surface area contributed by atoms with Crippen molar-refractivity contribution >= 4 is 16.5 Å². The molecule has 1 heterocycles. The number of nitrogens with one attached hydrogen (secondary N) is 1. The summed E-state index contributed by atoms with van der Waals surface area (Å²) in [6.45, 7) is 6.46. The lowest BCUT2D eigenvalue weighted by Crippen LogP contribution is -2.36. The second-order valence-electron chi connectivity index (χ2n) is 5.29. The van der Waals surface area contributed by atoms with E-state index in [2.05, 4.69) is 41.4 Å². The van der Waals surface area contributed by atoms with Gasteiger partial charge in [0.05, 0.1) is 13.2 Å². The number of ether oxygens (including phenoxy) is 1. The van der Waals surface area contributed by atoms with Crippen molar-refractivity contribution < 1.29 is 8.95 Å². The van der Waals surface area contributed by atoms with Crippen LogP contribution in [0.1, 0.15) is 12.5 Å². The molecule has 0 bridgehead atoms. The average Bonchev–Trinajstić information content (AvgIpc) is 2.46. The Morgan fingerprint density at radius 3 is 2.55 bits per heavy atom. The molecule has 1 aromatic rings. The van der Waals surface area contributed by atoms with E-state index in [-0.39, 0.29) is 6.04 Å². The zero-order chi connectivity index (χ0) is 14.4. The fraction of sp³-hybridized carbons (Fsp3) is 0.600. The van der Waals surface area contributed by atoms with Gasteiger partial charge in [0.15, 0.2) is 0 Å². The Morgan fingerprint density at radius 2 is 1.95 bits per heavy atom. The van der Waals surface area contributed by atoms with Gasteiger partial charge in [0, 0.05) is 54.2 Å². The first kappa shape index (κ1) is 15.5. The summed E-state index contributed by atoms with van der Waals surface area (Å²) in [4.78, 5) is 2.35. The predicted molar refractivity (Wildman–Crippen MR) is 84.7 cm³/mol. The van der Waals surface area contributed by atoms with Gasteiger partial charge in [-0.05, 0) is 24.6 Å². The largest absolute Gasteiger partial charge is 0.378 e. The minimum Gasteiger partial charge on any atom is -0.378 e. The van der Waals surface area contributed by atoms with Crippen LogP contribution in [-0.2, 0) is 22.1 Å². The zero-order valence-electron chi connectivity index (χ0n) is 12.3. The van der Waals surface area contributed by atoms with Crippen LogP contribution >= 0.6 is 0 Å². The Balaban J connectivity index is 1.83. The van der Waals surface area contributed by atoms with Gasteiger partial charge in [-0.1, -0.05) is 12.1 Å². The molecule has 20 heavy (non-hydrogen) atoms. The lowest BCUT2D eigenvalue weighted by molar-refractivity contribution is 0.122. The zero-order valence-corrected chi connectivity index (χ0v) is 13.1. The number of rotatable bonds is 6. The third kappa shape index (κ3) is 4.89. The van der Waals surface area contributed by atoms with Crippen molar-refractivity contribution in [3.8, 4) is 0 Å². The molecule has 2 atom stereocenters. The highest BCUT2D eigenvalue weighted by Gasteiger charge is 2.10. The van der Waals surface area contributed by atoms with Crippen molar-refractivity contribution in [3.05, 3.63) is 29.8 Å². The maximum absolute atomic E-state index is 11.1. The topological polar surface area (TPSA) is 41.6 Å². The van der Waals surface area contributed by atoms with Crippen LogP contribution in [-0.4, -0.2) is 48.6 Å². The van der Waals surface area contributed by atoms with E-state index in [1.54, 1.807) is 6.26 Å². The van der Waals surface area contributed by atoms with Gasteiger partial charge in [-0.3, -0.25) is 4.21 Å². The van der Waals surface area contributed by atoms with Gasteiger partial charge < -0.3 is 15.0 Å². The van der Waals surface area contributed by atoms with Gasteiger partial charge >= 0.3 is 0 Å². The molecular formula is C15H24N2O2S. The van der Waals surface area contributed by atoms with Crippen LogP contribution in [0.3, 0.4) is 0 Å². The summed E-state index contributed by atoms with van der Waals surface area (Å²) in [6.07, 6.45) is 1.75. The monoisotopic (exact) mass is 296 g/mol. The van der Waals surface area contributed by atoms with E-state index < -0.39 is 10.8 Å². The number of hydrogen-bond donors (Lipinski definition) is 1. The normalized spacial score (nSPS) is 18.8. The van der Waals surface area contributed by atoms with Gasteiger partial charge in [-0.2, -0.15) is 0 Å². The summed E-state index contributed by atoms with van der Waals surface area (Å²) in [5, 5.41) is 3.40. The Kier molecular flexibility index (Phi) is 6.01. The smallest absolute Gasteiger partial charge is 0.0642 e. The van der Waals surface area contributed by atoms with Crippen molar-refractivity contribution in [1.29, 1.82) is 0 Å². The van der Waals surface area contributed by atoms with Crippen LogP contribution < -0.4 is 10.2 Å². The molecule has 5 heteroatoms. The summed E-state index contributed by atoms with van der Waals surface area (Å²) >= 11 is 0.